The van der Waals surface area contributed by atoms with Crippen LogP contribution in [0.3, 0.4) is 0 Å². The number of hydrogen-bond acceptors (Lipinski definition) is 7. The standard InChI is InChI=1S/C24H33N5O3S/c1-4-6-21-25-16(3)22-24(31)26-23(27-29(21)22)19-14-18(7-8-20(19)32-13-5-2)33-28-11-9-17(15-30)10-12-28/h7-8,14,17,30H,4-6,9-13,15H2,1-3H3,(H,26,27,31). The quantitative estimate of drug-likeness (QED) is 0.458. The molecule has 33 heavy (non-hydrogen) atoms. The number of aryl methyl sites for hydroxylation is 2. The summed E-state index contributed by atoms with van der Waals surface area (Å²) in [7, 11) is 0. The zero-order valence-electron chi connectivity index (χ0n) is 19.6. The van der Waals surface area contributed by atoms with Gasteiger partial charge in [-0.25, -0.2) is 13.8 Å². The summed E-state index contributed by atoms with van der Waals surface area (Å²) in [4.78, 5) is 21.6. The van der Waals surface area contributed by atoms with E-state index < -0.39 is 0 Å². The van der Waals surface area contributed by atoms with E-state index in [1.807, 2.05) is 19.1 Å². The molecule has 2 N–H and O–H groups in total. The Morgan fingerprint density at radius 3 is 2.73 bits per heavy atom. The Balaban J connectivity index is 1.71. The lowest BCUT2D eigenvalue weighted by Crippen LogP contribution is -2.29. The fourth-order valence-electron chi connectivity index (χ4n) is 4.16. The van der Waals surface area contributed by atoms with E-state index in [0.717, 1.165) is 61.5 Å². The average Bonchev–Trinajstić information content (AvgIpc) is 3.14. The molecule has 0 radical (unpaired) electrons. The number of nitrogens with one attached hydrogen (secondary N) is 1. The third-order valence-corrected chi connectivity index (χ3v) is 7.04. The van der Waals surface area contributed by atoms with Gasteiger partial charge in [-0.15, -0.1) is 5.10 Å². The molecule has 0 amide bonds. The molecular weight excluding hydrogens is 438 g/mol. The van der Waals surface area contributed by atoms with Gasteiger partial charge in [0, 0.05) is 31.0 Å². The molecule has 3 heterocycles. The van der Waals surface area contributed by atoms with Gasteiger partial charge in [0.25, 0.3) is 5.56 Å². The number of aromatic amines is 1. The Morgan fingerprint density at radius 2 is 2.03 bits per heavy atom. The summed E-state index contributed by atoms with van der Waals surface area (Å²) in [6, 6.07) is 6.06. The second kappa shape index (κ2) is 10.7. The molecule has 0 aliphatic carbocycles. The van der Waals surface area contributed by atoms with Gasteiger partial charge in [-0.2, -0.15) is 0 Å². The van der Waals surface area contributed by atoms with Crippen LogP contribution in [0.5, 0.6) is 5.75 Å². The first-order chi connectivity index (χ1) is 16.0. The first kappa shape index (κ1) is 23.8. The number of H-pyrrole nitrogens is 1. The van der Waals surface area contributed by atoms with E-state index in [4.69, 9.17) is 9.84 Å². The molecule has 0 spiro atoms. The van der Waals surface area contributed by atoms with Crippen LogP contribution in [0.2, 0.25) is 0 Å². The second-order valence-corrected chi connectivity index (χ2v) is 9.75. The van der Waals surface area contributed by atoms with Crippen molar-refractivity contribution in [2.75, 3.05) is 26.3 Å². The monoisotopic (exact) mass is 471 g/mol. The number of rotatable bonds is 9. The summed E-state index contributed by atoms with van der Waals surface area (Å²) in [6.07, 6.45) is 4.57. The number of nitrogens with zero attached hydrogens (tertiary/aromatic N) is 4. The molecule has 4 rings (SSSR count). The molecule has 0 atom stereocenters. The van der Waals surface area contributed by atoms with Crippen molar-refractivity contribution >= 4 is 17.5 Å². The van der Waals surface area contributed by atoms with E-state index >= 15 is 0 Å². The number of aromatic nitrogens is 4. The van der Waals surface area contributed by atoms with Gasteiger partial charge in [-0.3, -0.25) is 4.79 Å². The maximum absolute atomic E-state index is 13.0. The predicted octanol–water partition coefficient (Wildman–Crippen LogP) is 3.85. The highest BCUT2D eigenvalue weighted by molar-refractivity contribution is 7.97. The van der Waals surface area contributed by atoms with Crippen molar-refractivity contribution in [1.29, 1.82) is 0 Å². The van der Waals surface area contributed by atoms with Gasteiger partial charge < -0.3 is 14.8 Å². The fourth-order valence-corrected chi connectivity index (χ4v) is 5.15. The Bertz CT molecular complexity index is 1150. The minimum absolute atomic E-state index is 0.196. The number of fused-ring (bicyclic) bond motifs is 1. The molecule has 1 fully saturated rings. The third-order valence-electron chi connectivity index (χ3n) is 5.95. The highest BCUT2D eigenvalue weighted by atomic mass is 32.2. The van der Waals surface area contributed by atoms with Crippen LogP contribution in [0.15, 0.2) is 27.9 Å². The molecule has 1 aromatic carbocycles. The summed E-state index contributed by atoms with van der Waals surface area (Å²) in [5, 5.41) is 14.2. The molecule has 2 aromatic heterocycles. The number of hydrogen-bond donors (Lipinski definition) is 2. The van der Waals surface area contributed by atoms with Crippen molar-refractivity contribution in [2.45, 2.75) is 57.8 Å². The summed E-state index contributed by atoms with van der Waals surface area (Å²) >= 11 is 1.70. The van der Waals surface area contributed by atoms with Crippen molar-refractivity contribution in [3.05, 3.63) is 40.1 Å². The Kier molecular flexibility index (Phi) is 7.72. The van der Waals surface area contributed by atoms with Crippen LogP contribution < -0.4 is 10.3 Å². The summed E-state index contributed by atoms with van der Waals surface area (Å²) in [5.41, 5.74) is 1.76. The van der Waals surface area contributed by atoms with Crippen molar-refractivity contribution in [2.24, 2.45) is 5.92 Å². The fraction of sp³-hybridized carbons (Fsp3) is 0.542. The maximum atomic E-state index is 13.0. The van der Waals surface area contributed by atoms with Crippen LogP contribution in [0.25, 0.3) is 16.9 Å². The van der Waals surface area contributed by atoms with Gasteiger partial charge in [-0.05, 0) is 68.7 Å². The third kappa shape index (κ3) is 5.26. The SMILES string of the molecule is CCCOc1ccc(SN2CCC(CO)CC2)cc1-c1nn2c(CCC)nc(C)c2c(=O)[nH]1. The topological polar surface area (TPSA) is 95.8 Å². The molecule has 1 aliphatic rings. The second-order valence-electron chi connectivity index (χ2n) is 8.58. The molecule has 3 aromatic rings. The van der Waals surface area contributed by atoms with Gasteiger partial charge in [-0.1, -0.05) is 13.8 Å². The van der Waals surface area contributed by atoms with Crippen molar-refractivity contribution < 1.29 is 9.84 Å². The minimum atomic E-state index is -0.196. The first-order valence-electron chi connectivity index (χ1n) is 11.8. The molecule has 8 nitrogen and oxygen atoms in total. The molecular formula is C24H33N5O3S. The molecule has 0 bridgehead atoms. The van der Waals surface area contributed by atoms with Gasteiger partial charge in [0.1, 0.15) is 11.6 Å². The lowest BCUT2D eigenvalue weighted by molar-refractivity contribution is 0.174. The highest BCUT2D eigenvalue weighted by Gasteiger charge is 2.21. The van der Waals surface area contributed by atoms with Crippen molar-refractivity contribution in [3.63, 3.8) is 0 Å². The smallest absolute Gasteiger partial charge is 0.277 e. The molecule has 178 valence electrons. The van der Waals surface area contributed by atoms with E-state index in [1.54, 1.807) is 16.5 Å². The Labute approximate surface area is 198 Å². The zero-order chi connectivity index (χ0) is 23.4. The van der Waals surface area contributed by atoms with E-state index in [-0.39, 0.29) is 12.2 Å². The summed E-state index contributed by atoms with van der Waals surface area (Å²) in [5.74, 6) is 2.39. The van der Waals surface area contributed by atoms with Crippen LogP contribution in [0.1, 0.15) is 51.0 Å². The Morgan fingerprint density at radius 1 is 1.24 bits per heavy atom. The molecule has 0 unspecified atom stereocenters. The summed E-state index contributed by atoms with van der Waals surface area (Å²) in [6.45, 7) is 8.73. The lowest BCUT2D eigenvalue weighted by atomic mass is 10.00. The molecule has 1 saturated heterocycles. The zero-order valence-corrected chi connectivity index (χ0v) is 20.5. The van der Waals surface area contributed by atoms with Crippen LogP contribution in [0.4, 0.5) is 0 Å². The number of imidazole rings is 1. The largest absolute Gasteiger partial charge is 0.493 e. The van der Waals surface area contributed by atoms with E-state index in [0.29, 0.717) is 35.3 Å². The van der Waals surface area contributed by atoms with Gasteiger partial charge in [0.05, 0.1) is 17.9 Å². The van der Waals surface area contributed by atoms with Crippen LogP contribution in [-0.2, 0) is 6.42 Å². The Hall–Kier alpha value is -2.36. The maximum Gasteiger partial charge on any atom is 0.277 e. The molecule has 0 saturated carbocycles. The van der Waals surface area contributed by atoms with Gasteiger partial charge in [0.15, 0.2) is 11.3 Å². The minimum Gasteiger partial charge on any atom is -0.493 e. The van der Waals surface area contributed by atoms with Crippen molar-refractivity contribution in [3.8, 4) is 17.1 Å². The number of aliphatic hydroxyl groups excluding tert-OH is 1. The average molecular weight is 472 g/mol. The lowest BCUT2D eigenvalue weighted by Gasteiger charge is -2.30. The highest BCUT2D eigenvalue weighted by Crippen LogP contribution is 2.35. The van der Waals surface area contributed by atoms with E-state index in [2.05, 4.69) is 34.2 Å². The normalized spacial score (nSPS) is 15.4. The predicted molar refractivity (Wildman–Crippen MR) is 131 cm³/mol. The van der Waals surface area contributed by atoms with Crippen molar-refractivity contribution in [1.82, 2.24) is 23.9 Å². The van der Waals surface area contributed by atoms with E-state index in [9.17, 15) is 9.90 Å². The molecule has 9 heteroatoms. The van der Waals surface area contributed by atoms with Gasteiger partial charge in [0.2, 0.25) is 0 Å². The van der Waals surface area contributed by atoms with Crippen LogP contribution in [0, 0.1) is 12.8 Å². The van der Waals surface area contributed by atoms with Crippen LogP contribution >= 0.6 is 11.9 Å². The van der Waals surface area contributed by atoms with E-state index in [1.165, 1.54) is 0 Å². The number of piperidine rings is 1. The van der Waals surface area contributed by atoms with Crippen LogP contribution in [-0.4, -0.2) is 55.3 Å². The molecule has 1 aliphatic heterocycles. The van der Waals surface area contributed by atoms with Gasteiger partial charge >= 0.3 is 0 Å². The first-order valence-corrected chi connectivity index (χ1v) is 12.6. The number of ether oxygens (including phenoxy) is 1. The number of aliphatic hydroxyl groups is 1. The number of benzene rings is 1. The summed E-state index contributed by atoms with van der Waals surface area (Å²) < 4.78 is 10.0.